The molecular formula is C11H13ClN4O. The number of halogens is 1. The lowest BCUT2D eigenvalue weighted by Gasteiger charge is -2.10. The van der Waals surface area contributed by atoms with Crippen LogP contribution in [0.1, 0.15) is 11.6 Å². The van der Waals surface area contributed by atoms with Crippen molar-refractivity contribution >= 4 is 11.6 Å². The fourth-order valence-electron chi connectivity index (χ4n) is 1.55. The molecule has 5 nitrogen and oxygen atoms in total. The van der Waals surface area contributed by atoms with Gasteiger partial charge in [-0.25, -0.2) is 0 Å². The highest BCUT2D eigenvalue weighted by molar-refractivity contribution is 6.33. The highest BCUT2D eigenvalue weighted by Crippen LogP contribution is 2.28. The van der Waals surface area contributed by atoms with E-state index in [2.05, 4.69) is 10.3 Å². The summed E-state index contributed by atoms with van der Waals surface area (Å²) in [5, 5.41) is 17.5. The van der Waals surface area contributed by atoms with Crippen molar-refractivity contribution < 1.29 is 5.11 Å². The van der Waals surface area contributed by atoms with E-state index in [1.54, 1.807) is 30.1 Å². The van der Waals surface area contributed by atoms with Crippen molar-refractivity contribution in [3.63, 3.8) is 0 Å². The van der Waals surface area contributed by atoms with E-state index in [4.69, 9.17) is 22.4 Å². The zero-order valence-electron chi connectivity index (χ0n) is 9.34. The molecule has 0 saturated heterocycles. The van der Waals surface area contributed by atoms with Gasteiger partial charge in [0.1, 0.15) is 5.69 Å². The Hall–Kier alpha value is -1.43. The zero-order valence-corrected chi connectivity index (χ0v) is 10.1. The number of benzene rings is 1. The minimum atomic E-state index is -0.414. The molecule has 0 fully saturated rings. The molecule has 2 rings (SSSR count). The number of rotatable bonds is 3. The highest BCUT2D eigenvalue weighted by Gasteiger charge is 2.11. The van der Waals surface area contributed by atoms with Crippen LogP contribution >= 0.6 is 11.6 Å². The van der Waals surface area contributed by atoms with E-state index in [0.29, 0.717) is 10.7 Å². The number of nitrogens with zero attached hydrogens (tertiary/aromatic N) is 3. The van der Waals surface area contributed by atoms with E-state index in [-0.39, 0.29) is 6.61 Å². The monoisotopic (exact) mass is 252 g/mol. The van der Waals surface area contributed by atoms with Crippen molar-refractivity contribution in [1.82, 2.24) is 15.0 Å². The van der Waals surface area contributed by atoms with E-state index in [0.717, 1.165) is 11.1 Å². The van der Waals surface area contributed by atoms with Crippen LogP contribution in [0.2, 0.25) is 5.02 Å². The number of aromatic nitrogens is 3. The summed E-state index contributed by atoms with van der Waals surface area (Å²) in [5.41, 5.74) is 8.03. The van der Waals surface area contributed by atoms with Crippen LogP contribution in [0, 0.1) is 0 Å². The number of hydrogen-bond acceptors (Lipinski definition) is 4. The molecule has 0 aliphatic heterocycles. The number of aryl methyl sites for hydroxylation is 1. The molecule has 0 radical (unpaired) electrons. The predicted molar refractivity (Wildman–Crippen MR) is 65.5 cm³/mol. The van der Waals surface area contributed by atoms with Crippen molar-refractivity contribution in [2.75, 3.05) is 6.61 Å². The largest absolute Gasteiger partial charge is 0.394 e. The van der Waals surface area contributed by atoms with Gasteiger partial charge in [0, 0.05) is 12.6 Å². The van der Waals surface area contributed by atoms with Gasteiger partial charge in [-0.2, -0.15) is 0 Å². The summed E-state index contributed by atoms with van der Waals surface area (Å²) >= 11 is 6.11. The quantitative estimate of drug-likeness (QED) is 0.859. The maximum Gasteiger partial charge on any atom is 0.114 e. The summed E-state index contributed by atoms with van der Waals surface area (Å²) < 4.78 is 1.60. The molecule has 6 heteroatoms. The number of hydrogen-bond donors (Lipinski definition) is 2. The van der Waals surface area contributed by atoms with Gasteiger partial charge in [0.25, 0.3) is 0 Å². The number of aliphatic hydroxyl groups excluding tert-OH is 1. The second kappa shape index (κ2) is 4.83. The molecule has 17 heavy (non-hydrogen) atoms. The van der Waals surface area contributed by atoms with E-state index in [9.17, 15) is 0 Å². The van der Waals surface area contributed by atoms with Crippen LogP contribution in [0.15, 0.2) is 24.4 Å². The summed E-state index contributed by atoms with van der Waals surface area (Å²) in [6.07, 6.45) is 1.77. The normalized spacial score (nSPS) is 12.7. The molecule has 0 aliphatic rings. The third kappa shape index (κ3) is 2.46. The molecule has 1 atom stereocenters. The van der Waals surface area contributed by atoms with E-state index < -0.39 is 6.04 Å². The van der Waals surface area contributed by atoms with Crippen molar-refractivity contribution in [3.05, 3.63) is 35.0 Å². The van der Waals surface area contributed by atoms with Crippen LogP contribution in [0.5, 0.6) is 0 Å². The summed E-state index contributed by atoms with van der Waals surface area (Å²) in [6.45, 7) is -0.110. The molecule has 1 aromatic carbocycles. The second-order valence-electron chi connectivity index (χ2n) is 3.81. The van der Waals surface area contributed by atoms with Crippen molar-refractivity contribution in [1.29, 1.82) is 0 Å². The fourth-order valence-corrected chi connectivity index (χ4v) is 1.76. The first-order valence-corrected chi connectivity index (χ1v) is 5.52. The molecular weight excluding hydrogens is 240 g/mol. The summed E-state index contributed by atoms with van der Waals surface area (Å²) in [4.78, 5) is 0. The molecule has 0 amide bonds. The molecule has 0 aliphatic carbocycles. The van der Waals surface area contributed by atoms with Gasteiger partial charge in [0.05, 0.1) is 23.9 Å². The van der Waals surface area contributed by atoms with Gasteiger partial charge >= 0.3 is 0 Å². The third-order valence-corrected chi connectivity index (χ3v) is 2.82. The Labute approximate surface area is 104 Å². The highest BCUT2D eigenvalue weighted by atomic mass is 35.5. The first-order valence-electron chi connectivity index (χ1n) is 5.14. The van der Waals surface area contributed by atoms with Crippen LogP contribution < -0.4 is 5.73 Å². The molecule has 0 saturated carbocycles. The fraction of sp³-hybridized carbons (Fsp3) is 0.273. The van der Waals surface area contributed by atoms with Gasteiger partial charge in [-0.3, -0.25) is 4.68 Å². The zero-order chi connectivity index (χ0) is 12.4. The van der Waals surface area contributed by atoms with Gasteiger partial charge in [-0.1, -0.05) is 22.9 Å². The Kier molecular flexibility index (Phi) is 3.42. The molecule has 1 aromatic heterocycles. The SMILES string of the molecule is Cn1cc(-c2cc(C(N)CO)ccc2Cl)nn1. The van der Waals surface area contributed by atoms with Gasteiger partial charge < -0.3 is 10.8 Å². The molecule has 0 spiro atoms. The lowest BCUT2D eigenvalue weighted by Crippen LogP contribution is -2.14. The Morgan fingerprint density at radius 2 is 2.29 bits per heavy atom. The predicted octanol–water partition coefficient (Wildman–Crippen LogP) is 1.13. The number of nitrogens with two attached hydrogens (primary N) is 1. The van der Waals surface area contributed by atoms with Gasteiger partial charge in [0.2, 0.25) is 0 Å². The first-order chi connectivity index (χ1) is 8.11. The third-order valence-electron chi connectivity index (χ3n) is 2.49. The number of aliphatic hydroxyl groups is 1. The Bertz CT molecular complexity index is 526. The average molecular weight is 253 g/mol. The standard InChI is InChI=1S/C11H13ClN4O/c1-16-5-11(14-15-16)8-4-7(10(13)6-17)2-3-9(8)12/h2-5,10,17H,6,13H2,1H3. The van der Waals surface area contributed by atoms with Gasteiger partial charge in [0.15, 0.2) is 0 Å². The average Bonchev–Trinajstić information content (AvgIpc) is 2.75. The second-order valence-corrected chi connectivity index (χ2v) is 4.21. The molecule has 1 unspecified atom stereocenters. The maximum absolute atomic E-state index is 9.03. The lowest BCUT2D eigenvalue weighted by atomic mass is 10.0. The van der Waals surface area contributed by atoms with Crippen LogP contribution in [0.4, 0.5) is 0 Å². The van der Waals surface area contributed by atoms with Crippen molar-refractivity contribution in [2.45, 2.75) is 6.04 Å². The topological polar surface area (TPSA) is 77.0 Å². The van der Waals surface area contributed by atoms with Gasteiger partial charge in [-0.05, 0) is 17.7 Å². The van der Waals surface area contributed by atoms with Crippen LogP contribution in [-0.2, 0) is 7.05 Å². The van der Waals surface area contributed by atoms with Crippen LogP contribution in [0.25, 0.3) is 11.3 Å². The van der Waals surface area contributed by atoms with Gasteiger partial charge in [-0.15, -0.1) is 5.10 Å². The van der Waals surface area contributed by atoms with Crippen molar-refractivity contribution in [2.24, 2.45) is 12.8 Å². The Morgan fingerprint density at radius 3 is 2.88 bits per heavy atom. The minimum Gasteiger partial charge on any atom is -0.394 e. The van der Waals surface area contributed by atoms with Crippen LogP contribution in [0.3, 0.4) is 0 Å². The van der Waals surface area contributed by atoms with E-state index >= 15 is 0 Å². The first kappa shape index (κ1) is 12.0. The van der Waals surface area contributed by atoms with Crippen LogP contribution in [-0.4, -0.2) is 26.7 Å². The maximum atomic E-state index is 9.03. The summed E-state index contributed by atoms with van der Waals surface area (Å²) in [7, 11) is 1.79. The molecule has 2 aromatic rings. The van der Waals surface area contributed by atoms with E-state index in [1.165, 1.54) is 0 Å². The lowest BCUT2D eigenvalue weighted by molar-refractivity contribution is 0.268. The summed E-state index contributed by atoms with van der Waals surface area (Å²) in [5.74, 6) is 0. The molecule has 90 valence electrons. The molecule has 3 N–H and O–H groups in total. The Balaban J connectivity index is 2.46. The molecule has 1 heterocycles. The summed E-state index contributed by atoms with van der Waals surface area (Å²) in [6, 6.07) is 4.95. The Morgan fingerprint density at radius 1 is 1.53 bits per heavy atom. The van der Waals surface area contributed by atoms with Crippen molar-refractivity contribution in [3.8, 4) is 11.3 Å². The molecule has 0 bridgehead atoms. The minimum absolute atomic E-state index is 0.110. The van der Waals surface area contributed by atoms with E-state index in [1.807, 2.05) is 6.07 Å². The smallest absolute Gasteiger partial charge is 0.114 e.